The number of hydrogen-bond acceptors (Lipinski definition) is 11. The zero-order valence-corrected chi connectivity index (χ0v) is 30.7. The zero-order valence-electron chi connectivity index (χ0n) is 30.7. The molecule has 1 amide bonds. The molecule has 0 bridgehead atoms. The van der Waals surface area contributed by atoms with E-state index in [2.05, 4.69) is 20.3 Å². The van der Waals surface area contributed by atoms with Crippen LogP contribution in [0.3, 0.4) is 0 Å². The first-order valence-electron chi connectivity index (χ1n) is 17.3. The third-order valence-corrected chi connectivity index (χ3v) is 8.67. The molecular weight excluding hydrogens is 797 g/mol. The Morgan fingerprint density at radius 1 is 0.733 bits per heavy atom. The molecule has 1 aliphatic heterocycles. The van der Waals surface area contributed by atoms with Crippen LogP contribution < -0.4 is 46.8 Å². The van der Waals surface area contributed by atoms with Crippen LogP contribution in [0.4, 0.5) is 18.9 Å². The van der Waals surface area contributed by atoms with Crippen LogP contribution in [0.2, 0.25) is 0 Å². The highest BCUT2D eigenvalue weighted by molar-refractivity contribution is 6.04. The molecular formula is C40H27F3N6O11. The van der Waals surface area contributed by atoms with E-state index in [9.17, 15) is 37.5 Å². The molecule has 0 saturated carbocycles. The van der Waals surface area contributed by atoms with Crippen molar-refractivity contribution in [3.8, 4) is 40.1 Å². The first kappa shape index (κ1) is 39.8. The van der Waals surface area contributed by atoms with Crippen LogP contribution in [0.1, 0.15) is 20.7 Å². The standard InChI is InChI=1S/C29H20F2N4O7.C11H7FN2O4/c1-39-23-13-20-24(26-25(23)40-10-11-41-26)22(8-9-32-20)42-21-7-4-16(12-19(21)31)34-27(36)18-14-33-29(38)35(28(18)37)17-5-2-15(30)3-6-17;12-6-1-3-7(4-2-6)14-9(15)8(10(16)17)5-13-11(14)18/h2-9,12-14H,10-11H2,1H3,(H,33,38)(H,34,36);1-5H,(H,13,18)(H,16,17). The molecule has 4 aromatic carbocycles. The van der Waals surface area contributed by atoms with Crippen molar-refractivity contribution in [1.82, 2.24) is 24.1 Å². The summed E-state index contributed by atoms with van der Waals surface area (Å²) < 4.78 is 65.4. The smallest absolute Gasteiger partial charge is 0.342 e. The number of benzene rings is 4. The number of aromatic nitrogens is 5. The third-order valence-electron chi connectivity index (χ3n) is 8.67. The average molecular weight is 825 g/mol. The highest BCUT2D eigenvalue weighted by atomic mass is 19.1. The summed E-state index contributed by atoms with van der Waals surface area (Å²) in [6, 6.07) is 16.0. The van der Waals surface area contributed by atoms with E-state index in [1.807, 2.05) is 0 Å². The fourth-order valence-corrected chi connectivity index (χ4v) is 5.90. The van der Waals surface area contributed by atoms with E-state index in [1.54, 1.807) is 12.1 Å². The molecule has 4 heterocycles. The van der Waals surface area contributed by atoms with Crippen LogP contribution in [0.25, 0.3) is 22.3 Å². The summed E-state index contributed by atoms with van der Waals surface area (Å²) >= 11 is 0. The van der Waals surface area contributed by atoms with Crippen molar-refractivity contribution in [1.29, 1.82) is 0 Å². The molecule has 0 fully saturated rings. The second kappa shape index (κ2) is 16.6. The maximum atomic E-state index is 15.2. The maximum Gasteiger partial charge on any atom is 0.342 e. The number of nitrogens with zero attached hydrogens (tertiary/aromatic N) is 3. The van der Waals surface area contributed by atoms with Crippen LogP contribution in [0.5, 0.6) is 28.7 Å². The van der Waals surface area contributed by atoms with Gasteiger partial charge in [-0.3, -0.25) is 19.4 Å². The highest BCUT2D eigenvalue weighted by Crippen LogP contribution is 2.48. The van der Waals surface area contributed by atoms with E-state index in [4.69, 9.17) is 24.1 Å². The number of hydrogen-bond donors (Lipinski definition) is 4. The van der Waals surface area contributed by atoms with Gasteiger partial charge in [-0.2, -0.15) is 0 Å². The molecule has 17 nitrogen and oxygen atoms in total. The molecule has 0 aliphatic carbocycles. The fraction of sp³-hybridized carbons (Fsp3) is 0.0750. The van der Waals surface area contributed by atoms with Crippen LogP contribution in [-0.2, 0) is 0 Å². The number of anilines is 1. The molecule has 0 radical (unpaired) electrons. The summed E-state index contributed by atoms with van der Waals surface area (Å²) in [6.45, 7) is 0.614. The van der Waals surface area contributed by atoms with Gasteiger partial charge in [0, 0.05) is 36.4 Å². The monoisotopic (exact) mass is 824 g/mol. The second-order valence-electron chi connectivity index (χ2n) is 12.4. The number of nitrogens with one attached hydrogen (secondary N) is 3. The second-order valence-corrected chi connectivity index (χ2v) is 12.4. The molecule has 0 unspecified atom stereocenters. The summed E-state index contributed by atoms with van der Waals surface area (Å²) in [6.07, 6.45) is 3.26. The minimum absolute atomic E-state index is 0.0159. The lowest BCUT2D eigenvalue weighted by Gasteiger charge is -2.23. The number of carbonyl (C=O) groups is 2. The van der Waals surface area contributed by atoms with Crippen LogP contribution >= 0.6 is 0 Å². The van der Waals surface area contributed by atoms with Gasteiger partial charge < -0.3 is 39.3 Å². The number of carbonyl (C=O) groups excluding carboxylic acids is 1. The van der Waals surface area contributed by atoms with E-state index in [1.165, 1.54) is 49.7 Å². The van der Waals surface area contributed by atoms with Gasteiger partial charge in [-0.25, -0.2) is 36.7 Å². The van der Waals surface area contributed by atoms with Gasteiger partial charge in [0.15, 0.2) is 23.1 Å². The predicted molar refractivity (Wildman–Crippen MR) is 206 cm³/mol. The summed E-state index contributed by atoms with van der Waals surface area (Å²) in [5.74, 6) is -3.02. The van der Waals surface area contributed by atoms with Crippen molar-refractivity contribution in [3.63, 3.8) is 0 Å². The summed E-state index contributed by atoms with van der Waals surface area (Å²) in [5.41, 5.74) is -3.89. The number of halogens is 3. The lowest BCUT2D eigenvalue weighted by molar-refractivity contribution is 0.0693. The summed E-state index contributed by atoms with van der Waals surface area (Å²) in [7, 11) is 1.49. The Kier molecular flexibility index (Phi) is 11.0. The number of methoxy groups -OCH3 is 1. The van der Waals surface area contributed by atoms with E-state index < -0.39 is 63.0 Å². The number of pyridine rings is 1. The zero-order chi connectivity index (χ0) is 42.7. The Balaban J connectivity index is 0.000000253. The number of aromatic carboxylic acids is 1. The summed E-state index contributed by atoms with van der Waals surface area (Å²) in [4.78, 5) is 81.0. The lowest BCUT2D eigenvalue weighted by Crippen LogP contribution is -2.38. The van der Waals surface area contributed by atoms with Gasteiger partial charge in [0.1, 0.15) is 41.7 Å². The van der Waals surface area contributed by atoms with Gasteiger partial charge in [0.25, 0.3) is 17.0 Å². The molecule has 1 aliphatic rings. The largest absolute Gasteiger partial charge is 0.493 e. The molecule has 7 aromatic rings. The Bertz CT molecular complexity index is 3060. The van der Waals surface area contributed by atoms with Crippen molar-refractivity contribution in [2.45, 2.75) is 0 Å². The van der Waals surface area contributed by atoms with Crippen LogP contribution in [0, 0.1) is 17.5 Å². The van der Waals surface area contributed by atoms with Gasteiger partial charge in [0.05, 0.1) is 29.4 Å². The number of amides is 1. The molecule has 20 heteroatoms. The van der Waals surface area contributed by atoms with Crippen molar-refractivity contribution in [2.75, 3.05) is 25.6 Å². The van der Waals surface area contributed by atoms with E-state index in [0.717, 1.165) is 42.7 Å². The molecule has 3 aromatic heterocycles. The summed E-state index contributed by atoms with van der Waals surface area (Å²) in [5, 5.41) is 11.7. The van der Waals surface area contributed by atoms with Crippen molar-refractivity contribution < 1.29 is 46.8 Å². The predicted octanol–water partition coefficient (Wildman–Crippen LogP) is 4.54. The van der Waals surface area contributed by atoms with Gasteiger partial charge in [-0.05, 0) is 66.7 Å². The average Bonchev–Trinajstić information content (AvgIpc) is 3.23. The molecule has 0 spiro atoms. The van der Waals surface area contributed by atoms with Crippen molar-refractivity contribution in [2.24, 2.45) is 0 Å². The Morgan fingerprint density at radius 2 is 1.30 bits per heavy atom. The van der Waals surface area contributed by atoms with Gasteiger partial charge in [-0.15, -0.1) is 0 Å². The Hall–Kier alpha value is -8.42. The number of aromatic amines is 2. The fourth-order valence-electron chi connectivity index (χ4n) is 5.90. The molecule has 304 valence electrons. The number of H-pyrrole nitrogens is 2. The lowest BCUT2D eigenvalue weighted by atomic mass is 10.1. The molecule has 8 rings (SSSR count). The van der Waals surface area contributed by atoms with E-state index >= 15 is 4.39 Å². The van der Waals surface area contributed by atoms with E-state index in [-0.39, 0.29) is 35.2 Å². The Labute approximate surface area is 332 Å². The molecule has 60 heavy (non-hydrogen) atoms. The van der Waals surface area contributed by atoms with E-state index in [0.29, 0.717) is 43.9 Å². The topological polar surface area (TPSA) is 226 Å². The normalized spacial score (nSPS) is 11.6. The Morgan fingerprint density at radius 3 is 1.87 bits per heavy atom. The molecule has 0 atom stereocenters. The highest BCUT2D eigenvalue weighted by Gasteiger charge is 2.25. The number of carboxylic acid groups (broad SMARTS) is 1. The molecule has 4 N–H and O–H groups in total. The minimum Gasteiger partial charge on any atom is -0.493 e. The van der Waals surface area contributed by atoms with Crippen LogP contribution in [0.15, 0.2) is 117 Å². The number of rotatable bonds is 8. The number of carboxylic acids is 1. The van der Waals surface area contributed by atoms with Crippen molar-refractivity contribution >= 4 is 28.5 Å². The van der Waals surface area contributed by atoms with Gasteiger partial charge >= 0.3 is 17.3 Å². The molecule has 0 saturated heterocycles. The van der Waals surface area contributed by atoms with Crippen LogP contribution in [-0.4, -0.2) is 61.4 Å². The maximum absolute atomic E-state index is 15.2. The quantitative estimate of drug-likeness (QED) is 0.166. The minimum atomic E-state index is -1.45. The van der Waals surface area contributed by atoms with Crippen molar-refractivity contribution in [3.05, 3.63) is 168 Å². The number of ether oxygens (including phenoxy) is 4. The van der Waals surface area contributed by atoms with Gasteiger partial charge in [-0.1, -0.05) is 0 Å². The third kappa shape index (κ3) is 7.92. The SMILES string of the molecule is COc1cc2nccc(Oc3ccc(NC(=O)c4c[nH]c(=O)n(-c5ccc(F)cc5)c4=O)cc3F)c2c2c1OCCO2.O=C(O)c1c[nH]c(=O)n(-c2ccc(F)cc2)c1=O. The number of fused-ring (bicyclic) bond motifs is 3. The first-order chi connectivity index (χ1) is 28.8. The van der Waals surface area contributed by atoms with Gasteiger partial charge in [0.2, 0.25) is 5.75 Å². The first-order valence-corrected chi connectivity index (χ1v) is 17.3.